The van der Waals surface area contributed by atoms with Gasteiger partial charge >= 0.3 is 5.97 Å². The number of nitrogens with zero attached hydrogens (tertiary/aromatic N) is 3. The first-order valence-electron chi connectivity index (χ1n) is 11.7. The molecule has 2 aliphatic rings. The number of hydrogen-bond acceptors (Lipinski definition) is 8. The summed E-state index contributed by atoms with van der Waals surface area (Å²) in [6, 6.07) is 10.4. The van der Waals surface area contributed by atoms with E-state index >= 15 is 0 Å². The van der Waals surface area contributed by atoms with Crippen molar-refractivity contribution in [3.05, 3.63) is 53.8 Å². The van der Waals surface area contributed by atoms with Gasteiger partial charge in [0.05, 0.1) is 18.9 Å². The molecule has 2 aromatic carbocycles. The number of halogens is 1. The van der Waals surface area contributed by atoms with Crippen LogP contribution < -0.4 is 15.0 Å². The molecule has 10 heteroatoms. The third kappa shape index (κ3) is 5.16. The number of benzene rings is 2. The SMILES string of the molecule is CCOC(=O)[C@H]1C(=O)NC(N2CCN(c3ccccc3F)CC2)=N[C@@H]1c1ccc(O)c(OCC)c1. The number of anilines is 1. The molecule has 2 heterocycles. The van der Waals surface area contributed by atoms with Gasteiger partial charge in [0.2, 0.25) is 11.9 Å². The normalized spacial score (nSPS) is 20.2. The highest BCUT2D eigenvalue weighted by Gasteiger charge is 2.42. The van der Waals surface area contributed by atoms with E-state index in [9.17, 15) is 19.1 Å². The maximum atomic E-state index is 14.2. The lowest BCUT2D eigenvalue weighted by atomic mass is 9.91. The number of para-hydroxylation sites is 1. The number of aromatic hydroxyl groups is 1. The Morgan fingerprint density at radius 1 is 1.11 bits per heavy atom. The predicted molar refractivity (Wildman–Crippen MR) is 128 cm³/mol. The first kappa shape index (κ1) is 24.3. The van der Waals surface area contributed by atoms with E-state index in [1.807, 2.05) is 9.80 Å². The van der Waals surface area contributed by atoms with Crippen molar-refractivity contribution in [2.75, 3.05) is 44.3 Å². The summed E-state index contributed by atoms with van der Waals surface area (Å²) in [6.07, 6.45) is 0. The summed E-state index contributed by atoms with van der Waals surface area (Å²) >= 11 is 0. The predicted octanol–water partition coefficient (Wildman–Crippen LogP) is 2.46. The number of phenols is 1. The van der Waals surface area contributed by atoms with Gasteiger partial charge < -0.3 is 24.4 Å². The zero-order valence-electron chi connectivity index (χ0n) is 19.7. The summed E-state index contributed by atoms with van der Waals surface area (Å²) in [5.74, 6) is -2.10. The maximum Gasteiger partial charge on any atom is 0.321 e. The molecule has 0 aromatic heterocycles. The van der Waals surface area contributed by atoms with E-state index in [-0.39, 0.29) is 23.9 Å². The number of aliphatic imine (C=N–C) groups is 1. The Morgan fingerprint density at radius 2 is 1.83 bits per heavy atom. The molecule has 35 heavy (non-hydrogen) atoms. The lowest BCUT2D eigenvalue weighted by Crippen LogP contribution is -2.57. The van der Waals surface area contributed by atoms with Crippen LogP contribution in [-0.2, 0) is 14.3 Å². The molecule has 9 nitrogen and oxygen atoms in total. The molecule has 2 aromatic rings. The topological polar surface area (TPSA) is 104 Å². The van der Waals surface area contributed by atoms with Crippen molar-refractivity contribution in [2.24, 2.45) is 10.9 Å². The molecule has 1 amide bonds. The molecule has 1 fully saturated rings. The molecule has 2 N–H and O–H groups in total. The second kappa shape index (κ2) is 10.6. The fraction of sp³-hybridized carbons (Fsp3) is 0.400. The summed E-state index contributed by atoms with van der Waals surface area (Å²) in [7, 11) is 0. The van der Waals surface area contributed by atoms with E-state index in [1.165, 1.54) is 12.1 Å². The number of ether oxygens (including phenoxy) is 2. The van der Waals surface area contributed by atoms with Crippen molar-refractivity contribution in [3.63, 3.8) is 0 Å². The van der Waals surface area contributed by atoms with Gasteiger partial charge in [-0.1, -0.05) is 18.2 Å². The minimum atomic E-state index is -1.18. The van der Waals surface area contributed by atoms with Crippen LogP contribution in [-0.4, -0.2) is 67.2 Å². The van der Waals surface area contributed by atoms with Crippen LogP contribution in [0.1, 0.15) is 25.5 Å². The molecule has 186 valence electrons. The molecule has 0 aliphatic carbocycles. The van der Waals surface area contributed by atoms with Gasteiger partial charge in [-0.15, -0.1) is 0 Å². The van der Waals surface area contributed by atoms with Crippen LogP contribution in [0.2, 0.25) is 0 Å². The van der Waals surface area contributed by atoms with E-state index < -0.39 is 23.8 Å². The standard InChI is InChI=1S/C25H29FN4O5/c1-3-34-20-15-16(9-10-19(20)31)22-21(24(33)35-4-2)23(32)28-25(27-22)30-13-11-29(12-14-30)18-8-6-5-7-17(18)26/h5-10,15,21-22,31H,3-4,11-14H2,1-2H3,(H,27,28,32)/t21-,22-/m1/s1. The number of piperazine rings is 1. The second-order valence-corrected chi connectivity index (χ2v) is 8.20. The Balaban J connectivity index is 1.61. The maximum absolute atomic E-state index is 14.2. The number of esters is 1. The molecule has 1 saturated heterocycles. The van der Waals surface area contributed by atoms with Crippen LogP contribution in [0.15, 0.2) is 47.5 Å². The monoisotopic (exact) mass is 484 g/mol. The van der Waals surface area contributed by atoms with Gasteiger partial charge in [-0.3, -0.25) is 14.9 Å². The Bertz CT molecular complexity index is 1120. The number of hydrogen-bond donors (Lipinski definition) is 2. The number of carbonyl (C=O) groups is 2. The minimum absolute atomic E-state index is 0.0444. The number of rotatable bonds is 6. The summed E-state index contributed by atoms with van der Waals surface area (Å²) in [5.41, 5.74) is 1.08. The van der Waals surface area contributed by atoms with E-state index in [0.29, 0.717) is 50.0 Å². The number of carbonyl (C=O) groups excluding carboxylic acids is 2. The van der Waals surface area contributed by atoms with Crippen LogP contribution in [0.25, 0.3) is 0 Å². The van der Waals surface area contributed by atoms with Crippen molar-refractivity contribution in [2.45, 2.75) is 19.9 Å². The van der Waals surface area contributed by atoms with Crippen LogP contribution in [0.3, 0.4) is 0 Å². The van der Waals surface area contributed by atoms with E-state index in [4.69, 9.17) is 14.5 Å². The van der Waals surface area contributed by atoms with Crippen LogP contribution in [0.5, 0.6) is 11.5 Å². The van der Waals surface area contributed by atoms with Crippen molar-refractivity contribution >= 4 is 23.5 Å². The summed E-state index contributed by atoms with van der Waals surface area (Å²) in [5, 5.41) is 12.9. The molecule has 0 unspecified atom stereocenters. The molecule has 0 bridgehead atoms. The fourth-order valence-electron chi connectivity index (χ4n) is 4.32. The molecule has 0 spiro atoms. The average molecular weight is 485 g/mol. The lowest BCUT2D eigenvalue weighted by Gasteiger charge is -2.39. The Hall–Kier alpha value is -3.82. The summed E-state index contributed by atoms with van der Waals surface area (Å²) in [4.78, 5) is 34.4. The van der Waals surface area contributed by atoms with Crippen molar-refractivity contribution in [1.29, 1.82) is 0 Å². The summed E-state index contributed by atoms with van der Waals surface area (Å²) < 4.78 is 24.8. The minimum Gasteiger partial charge on any atom is -0.504 e. The van der Waals surface area contributed by atoms with Gasteiger partial charge in [-0.25, -0.2) is 9.38 Å². The molecule has 2 aliphatic heterocycles. The average Bonchev–Trinajstić information content (AvgIpc) is 2.85. The molecule has 4 rings (SSSR count). The fourth-order valence-corrected chi connectivity index (χ4v) is 4.32. The van der Waals surface area contributed by atoms with Gasteiger partial charge in [-0.2, -0.15) is 0 Å². The van der Waals surface area contributed by atoms with Gasteiger partial charge in [0.15, 0.2) is 17.4 Å². The first-order chi connectivity index (χ1) is 16.9. The number of amides is 1. The molecular formula is C25H29FN4O5. The highest BCUT2D eigenvalue weighted by atomic mass is 19.1. The molecule has 2 atom stereocenters. The lowest BCUT2D eigenvalue weighted by molar-refractivity contribution is -0.153. The Labute approximate surface area is 203 Å². The van der Waals surface area contributed by atoms with Crippen LogP contribution in [0, 0.1) is 11.7 Å². The van der Waals surface area contributed by atoms with Gasteiger partial charge in [0, 0.05) is 26.2 Å². The third-order valence-electron chi connectivity index (χ3n) is 6.03. The van der Waals surface area contributed by atoms with E-state index in [2.05, 4.69) is 5.32 Å². The molecule has 0 radical (unpaired) electrons. The van der Waals surface area contributed by atoms with Gasteiger partial charge in [0.1, 0.15) is 11.9 Å². The second-order valence-electron chi connectivity index (χ2n) is 8.20. The zero-order valence-corrected chi connectivity index (χ0v) is 19.7. The largest absolute Gasteiger partial charge is 0.504 e. The van der Waals surface area contributed by atoms with Gasteiger partial charge in [-0.05, 0) is 43.7 Å². The zero-order chi connectivity index (χ0) is 24.9. The van der Waals surface area contributed by atoms with Crippen molar-refractivity contribution in [1.82, 2.24) is 10.2 Å². The van der Waals surface area contributed by atoms with E-state index in [0.717, 1.165) is 0 Å². The van der Waals surface area contributed by atoms with Gasteiger partial charge in [0.25, 0.3) is 0 Å². The Morgan fingerprint density at radius 3 is 2.51 bits per heavy atom. The molecular weight excluding hydrogens is 455 g/mol. The highest BCUT2D eigenvalue weighted by Crippen LogP contribution is 2.36. The molecule has 0 saturated carbocycles. The van der Waals surface area contributed by atoms with Crippen molar-refractivity contribution in [3.8, 4) is 11.5 Å². The Kier molecular flexibility index (Phi) is 7.38. The number of nitrogens with one attached hydrogen (secondary N) is 1. The summed E-state index contributed by atoms with van der Waals surface area (Å²) in [6.45, 7) is 6.01. The number of phenolic OH excluding ortho intramolecular Hbond substituents is 1. The quantitative estimate of drug-likeness (QED) is 0.480. The van der Waals surface area contributed by atoms with Crippen molar-refractivity contribution < 1.29 is 28.6 Å². The number of guanidine groups is 1. The first-order valence-corrected chi connectivity index (χ1v) is 11.7. The van der Waals surface area contributed by atoms with E-state index in [1.54, 1.807) is 44.2 Å². The highest BCUT2D eigenvalue weighted by molar-refractivity contribution is 6.08. The van der Waals surface area contributed by atoms with Crippen LogP contribution >= 0.6 is 0 Å². The smallest absolute Gasteiger partial charge is 0.321 e. The van der Waals surface area contributed by atoms with Crippen LogP contribution in [0.4, 0.5) is 10.1 Å². The third-order valence-corrected chi connectivity index (χ3v) is 6.03.